The summed E-state index contributed by atoms with van der Waals surface area (Å²) in [5.74, 6) is -1.31. The van der Waals surface area contributed by atoms with Crippen LogP contribution < -0.4 is 9.64 Å². The van der Waals surface area contributed by atoms with Crippen LogP contribution in [0.3, 0.4) is 0 Å². The molecule has 31 heavy (non-hydrogen) atoms. The van der Waals surface area contributed by atoms with E-state index in [-0.39, 0.29) is 11.3 Å². The van der Waals surface area contributed by atoms with E-state index in [1.54, 1.807) is 18.2 Å². The minimum atomic E-state index is -0.733. The van der Waals surface area contributed by atoms with Gasteiger partial charge in [-0.3, -0.25) is 14.5 Å². The van der Waals surface area contributed by atoms with Crippen LogP contribution in [0.1, 0.15) is 27.6 Å². The molecule has 2 aromatic carbocycles. The standard InChI is InChI=1S/C24H20ClNO4S/c1-13-6-9-17(14(2)11-13)26-21(19-5-4-10-31-19)20(23(28)24(26)29)22(27)15-7-8-16(25)18(12-15)30-3/h4-12,21,27H,1-3H3/b22-20-. The molecule has 3 aromatic rings. The number of anilines is 1. The lowest BCUT2D eigenvalue weighted by molar-refractivity contribution is -0.132. The number of aliphatic hydroxyl groups is 1. The molecule has 2 heterocycles. The molecule has 158 valence electrons. The van der Waals surface area contributed by atoms with E-state index in [1.165, 1.54) is 23.3 Å². The number of Topliss-reactive ketones (excluding diaryl/α,β-unsaturated/α-hetero) is 1. The Morgan fingerprint density at radius 2 is 1.90 bits per heavy atom. The van der Waals surface area contributed by atoms with Crippen LogP contribution in [-0.2, 0) is 9.59 Å². The van der Waals surface area contributed by atoms with Crippen LogP contribution in [0.4, 0.5) is 5.69 Å². The van der Waals surface area contributed by atoms with Gasteiger partial charge in [-0.05, 0) is 55.1 Å². The number of aryl methyl sites for hydroxylation is 2. The van der Waals surface area contributed by atoms with E-state index in [9.17, 15) is 14.7 Å². The third kappa shape index (κ3) is 3.62. The number of hydrogen-bond donors (Lipinski definition) is 1. The Labute approximate surface area is 189 Å². The molecule has 0 bridgehead atoms. The second kappa shape index (κ2) is 8.21. The summed E-state index contributed by atoms with van der Waals surface area (Å²) in [5.41, 5.74) is 2.95. The molecule has 1 atom stereocenters. The van der Waals surface area contributed by atoms with Crippen molar-refractivity contribution in [3.05, 3.63) is 86.1 Å². The summed E-state index contributed by atoms with van der Waals surface area (Å²) >= 11 is 7.53. The Balaban J connectivity index is 1.94. The van der Waals surface area contributed by atoms with Crippen molar-refractivity contribution in [2.75, 3.05) is 12.0 Å². The lowest BCUT2D eigenvalue weighted by Gasteiger charge is -2.26. The van der Waals surface area contributed by atoms with Crippen LogP contribution in [-0.4, -0.2) is 23.9 Å². The van der Waals surface area contributed by atoms with Gasteiger partial charge >= 0.3 is 0 Å². The summed E-state index contributed by atoms with van der Waals surface area (Å²) in [7, 11) is 1.47. The number of halogens is 1. The molecule has 1 aliphatic rings. The maximum absolute atomic E-state index is 13.2. The number of carbonyl (C=O) groups is 2. The van der Waals surface area contributed by atoms with Crippen LogP contribution in [0, 0.1) is 13.8 Å². The number of aliphatic hydroxyl groups excluding tert-OH is 1. The number of ketones is 1. The van der Waals surface area contributed by atoms with Crippen molar-refractivity contribution in [2.24, 2.45) is 0 Å². The summed E-state index contributed by atoms with van der Waals surface area (Å²) < 4.78 is 5.24. The molecule has 4 rings (SSSR count). The molecule has 1 amide bonds. The Morgan fingerprint density at radius 1 is 1.13 bits per heavy atom. The smallest absolute Gasteiger partial charge is 0.300 e. The van der Waals surface area contributed by atoms with Crippen LogP contribution in [0.15, 0.2) is 59.5 Å². The Morgan fingerprint density at radius 3 is 2.55 bits per heavy atom. The molecule has 5 nitrogen and oxygen atoms in total. The van der Waals surface area contributed by atoms with Crippen molar-refractivity contribution in [3.8, 4) is 5.75 Å². The molecule has 0 spiro atoms. The van der Waals surface area contributed by atoms with Gasteiger partial charge in [0.25, 0.3) is 11.7 Å². The van der Waals surface area contributed by atoms with Crippen LogP contribution in [0.2, 0.25) is 5.02 Å². The minimum Gasteiger partial charge on any atom is -0.507 e. The monoisotopic (exact) mass is 453 g/mol. The molecule has 0 aliphatic carbocycles. The van der Waals surface area contributed by atoms with E-state index < -0.39 is 17.7 Å². The molecule has 7 heteroatoms. The highest BCUT2D eigenvalue weighted by atomic mass is 35.5. The van der Waals surface area contributed by atoms with Crippen molar-refractivity contribution in [1.82, 2.24) is 0 Å². The van der Waals surface area contributed by atoms with Gasteiger partial charge in [0.15, 0.2) is 0 Å². The summed E-state index contributed by atoms with van der Waals surface area (Å²) in [4.78, 5) is 28.6. The molecular weight excluding hydrogens is 434 g/mol. The van der Waals surface area contributed by atoms with E-state index in [0.29, 0.717) is 22.0 Å². The zero-order valence-corrected chi connectivity index (χ0v) is 18.8. The molecule has 0 saturated carbocycles. The predicted molar refractivity (Wildman–Crippen MR) is 123 cm³/mol. The molecule has 1 unspecified atom stereocenters. The SMILES string of the molecule is COc1cc(/C(O)=C2/C(=O)C(=O)N(c3ccc(C)cc3C)C2c2cccs2)ccc1Cl. The van der Waals surface area contributed by atoms with E-state index in [2.05, 4.69) is 0 Å². The van der Waals surface area contributed by atoms with Gasteiger partial charge in [0.05, 0.1) is 17.7 Å². The minimum absolute atomic E-state index is 0.0387. The van der Waals surface area contributed by atoms with Crippen LogP contribution in [0.5, 0.6) is 5.75 Å². The zero-order valence-electron chi connectivity index (χ0n) is 17.2. The van der Waals surface area contributed by atoms with Gasteiger partial charge in [-0.1, -0.05) is 35.4 Å². The fourth-order valence-electron chi connectivity index (χ4n) is 3.84. The van der Waals surface area contributed by atoms with Gasteiger partial charge in [-0.15, -0.1) is 11.3 Å². The number of hydrogen-bond acceptors (Lipinski definition) is 5. The number of nitrogens with zero attached hydrogens (tertiary/aromatic N) is 1. The van der Waals surface area contributed by atoms with Gasteiger partial charge < -0.3 is 9.84 Å². The first-order chi connectivity index (χ1) is 14.8. The van der Waals surface area contributed by atoms with Gasteiger partial charge in [0.1, 0.15) is 17.6 Å². The maximum Gasteiger partial charge on any atom is 0.300 e. The van der Waals surface area contributed by atoms with Gasteiger partial charge in [-0.2, -0.15) is 0 Å². The topological polar surface area (TPSA) is 66.8 Å². The lowest BCUT2D eigenvalue weighted by Crippen LogP contribution is -2.29. The average molecular weight is 454 g/mol. The second-order valence-electron chi connectivity index (χ2n) is 7.32. The largest absolute Gasteiger partial charge is 0.507 e. The van der Waals surface area contributed by atoms with Crippen molar-refractivity contribution in [1.29, 1.82) is 0 Å². The summed E-state index contributed by atoms with van der Waals surface area (Å²) in [6.07, 6.45) is 0. The second-order valence-corrected chi connectivity index (χ2v) is 8.71. The van der Waals surface area contributed by atoms with Crippen LogP contribution in [0.25, 0.3) is 5.76 Å². The fourth-order valence-corrected chi connectivity index (χ4v) is 4.85. The number of thiophene rings is 1. The third-order valence-electron chi connectivity index (χ3n) is 5.29. The quantitative estimate of drug-likeness (QED) is 0.315. The highest BCUT2D eigenvalue weighted by molar-refractivity contribution is 7.10. The highest BCUT2D eigenvalue weighted by Gasteiger charge is 2.47. The summed E-state index contributed by atoms with van der Waals surface area (Å²) in [5, 5.41) is 13.4. The number of carbonyl (C=O) groups excluding carboxylic acids is 2. The Hall–Kier alpha value is -3.09. The van der Waals surface area contributed by atoms with Crippen molar-refractivity contribution < 1.29 is 19.4 Å². The molecule has 1 N–H and O–H groups in total. The maximum atomic E-state index is 13.2. The molecule has 1 fully saturated rings. The first-order valence-electron chi connectivity index (χ1n) is 9.59. The highest BCUT2D eigenvalue weighted by Crippen LogP contribution is 2.44. The molecule has 1 saturated heterocycles. The Kier molecular flexibility index (Phi) is 5.60. The van der Waals surface area contributed by atoms with Crippen molar-refractivity contribution in [2.45, 2.75) is 19.9 Å². The number of ether oxygens (including phenoxy) is 1. The normalized spacial score (nSPS) is 17.9. The Bertz CT molecular complexity index is 1220. The number of methoxy groups -OCH3 is 1. The van der Waals surface area contributed by atoms with Gasteiger partial charge in [-0.25, -0.2) is 0 Å². The fraction of sp³-hybridized carbons (Fsp3) is 0.167. The molecule has 1 aromatic heterocycles. The third-order valence-corrected chi connectivity index (χ3v) is 6.53. The van der Waals surface area contributed by atoms with Gasteiger partial charge in [0.2, 0.25) is 0 Å². The first kappa shape index (κ1) is 21.2. The number of rotatable bonds is 4. The first-order valence-corrected chi connectivity index (χ1v) is 10.8. The van der Waals surface area contributed by atoms with Crippen LogP contribution >= 0.6 is 22.9 Å². The predicted octanol–water partition coefficient (Wildman–Crippen LogP) is 5.65. The van der Waals surface area contributed by atoms with Crippen molar-refractivity contribution in [3.63, 3.8) is 0 Å². The van der Waals surface area contributed by atoms with E-state index >= 15 is 0 Å². The summed E-state index contributed by atoms with van der Waals surface area (Å²) in [6, 6.07) is 13.4. The zero-order chi connectivity index (χ0) is 22.3. The van der Waals surface area contributed by atoms with E-state index in [1.807, 2.05) is 49.6 Å². The average Bonchev–Trinajstić information content (AvgIpc) is 3.36. The molecule has 1 aliphatic heterocycles. The molecule has 0 radical (unpaired) electrons. The van der Waals surface area contributed by atoms with E-state index in [0.717, 1.165) is 16.0 Å². The van der Waals surface area contributed by atoms with E-state index in [4.69, 9.17) is 16.3 Å². The molecular formula is C24H20ClNO4S. The number of amides is 1. The lowest BCUT2D eigenvalue weighted by atomic mass is 9.99. The van der Waals surface area contributed by atoms with Crippen molar-refractivity contribution >= 4 is 46.1 Å². The number of benzene rings is 2. The summed E-state index contributed by atoms with van der Waals surface area (Å²) in [6.45, 7) is 3.87. The van der Waals surface area contributed by atoms with Gasteiger partial charge in [0, 0.05) is 16.1 Å².